The first kappa shape index (κ1) is 16.2. The zero-order valence-corrected chi connectivity index (χ0v) is 13.1. The van der Waals surface area contributed by atoms with Gasteiger partial charge in [-0.15, -0.1) is 5.10 Å². The average molecular weight is 339 g/mol. The molecule has 3 aromatic rings. The van der Waals surface area contributed by atoms with Crippen LogP contribution >= 0.6 is 0 Å². The highest BCUT2D eigenvalue weighted by molar-refractivity contribution is 5.45. The molecule has 10 heteroatoms. The molecular weight excluding hydrogens is 323 g/mol. The molecule has 0 fully saturated rings. The monoisotopic (exact) mass is 339 g/mol. The quantitative estimate of drug-likeness (QED) is 0.698. The van der Waals surface area contributed by atoms with Crippen molar-refractivity contribution in [2.45, 2.75) is 32.9 Å². The van der Waals surface area contributed by atoms with Gasteiger partial charge >= 0.3 is 6.18 Å². The van der Waals surface area contributed by atoms with E-state index in [9.17, 15) is 13.2 Å². The molecule has 0 aromatic carbocycles. The van der Waals surface area contributed by atoms with Crippen LogP contribution in [-0.4, -0.2) is 36.3 Å². The van der Waals surface area contributed by atoms with Crippen LogP contribution in [0.1, 0.15) is 29.2 Å². The highest BCUT2D eigenvalue weighted by atomic mass is 19.4. The number of aromatic nitrogens is 6. The number of fused-ring (bicyclic) bond motifs is 1. The Hall–Kier alpha value is -2.65. The van der Waals surface area contributed by atoms with Gasteiger partial charge < -0.3 is 5.32 Å². The molecule has 24 heavy (non-hydrogen) atoms. The number of H-pyrrole nitrogens is 1. The van der Waals surface area contributed by atoms with E-state index in [4.69, 9.17) is 0 Å². The summed E-state index contributed by atoms with van der Waals surface area (Å²) >= 11 is 0. The lowest BCUT2D eigenvalue weighted by atomic mass is 10.1. The van der Waals surface area contributed by atoms with Gasteiger partial charge in [-0.3, -0.25) is 5.10 Å². The Labute approximate surface area is 135 Å². The Bertz CT molecular complexity index is 850. The van der Waals surface area contributed by atoms with Crippen molar-refractivity contribution in [3.8, 4) is 0 Å². The van der Waals surface area contributed by atoms with E-state index in [0.717, 1.165) is 28.6 Å². The van der Waals surface area contributed by atoms with Crippen LogP contribution in [0.4, 0.5) is 19.0 Å². The van der Waals surface area contributed by atoms with Crippen LogP contribution in [0.3, 0.4) is 0 Å². The van der Waals surface area contributed by atoms with Crippen molar-refractivity contribution >= 4 is 11.6 Å². The lowest BCUT2D eigenvalue weighted by Gasteiger charge is -2.08. The molecule has 0 saturated heterocycles. The maximum Gasteiger partial charge on any atom is 0.453 e. The molecule has 3 heterocycles. The largest absolute Gasteiger partial charge is 0.453 e. The number of hydrogen-bond acceptors (Lipinski definition) is 5. The number of hydrogen-bond donors (Lipinski definition) is 2. The second-order valence-electron chi connectivity index (χ2n) is 5.48. The van der Waals surface area contributed by atoms with Gasteiger partial charge in [0.15, 0.2) is 0 Å². The number of aryl methyl sites for hydroxylation is 3. The van der Waals surface area contributed by atoms with Crippen molar-refractivity contribution in [2.24, 2.45) is 0 Å². The lowest BCUT2D eigenvalue weighted by molar-refractivity contribution is -0.144. The molecular formula is C14H16F3N7. The number of halogens is 3. The molecule has 128 valence electrons. The smallest absolute Gasteiger partial charge is 0.370 e. The number of anilines is 1. The average Bonchev–Trinajstić information content (AvgIpc) is 3.09. The van der Waals surface area contributed by atoms with E-state index >= 15 is 0 Å². The van der Waals surface area contributed by atoms with E-state index in [1.807, 2.05) is 6.92 Å². The van der Waals surface area contributed by atoms with Gasteiger partial charge in [0.05, 0.1) is 6.20 Å². The summed E-state index contributed by atoms with van der Waals surface area (Å²) in [6.07, 6.45) is -1.22. The maximum atomic E-state index is 12.8. The van der Waals surface area contributed by atoms with Crippen molar-refractivity contribution in [1.29, 1.82) is 0 Å². The summed E-state index contributed by atoms with van der Waals surface area (Å²) in [5, 5.41) is 13.4. The molecule has 0 amide bonds. The van der Waals surface area contributed by atoms with E-state index in [1.54, 1.807) is 19.2 Å². The third-order valence-electron chi connectivity index (χ3n) is 3.56. The fourth-order valence-corrected chi connectivity index (χ4v) is 2.36. The van der Waals surface area contributed by atoms with Gasteiger partial charge in [0.2, 0.25) is 0 Å². The highest BCUT2D eigenvalue weighted by Crippen LogP contribution is 2.27. The Kier molecular flexibility index (Phi) is 4.12. The minimum absolute atomic E-state index is 0.0736. The maximum absolute atomic E-state index is 12.8. The molecule has 2 N–H and O–H groups in total. The Morgan fingerprint density at radius 2 is 2.04 bits per heavy atom. The van der Waals surface area contributed by atoms with Gasteiger partial charge in [-0.2, -0.15) is 27.8 Å². The summed E-state index contributed by atoms with van der Waals surface area (Å²) in [6.45, 7) is 4.21. The summed E-state index contributed by atoms with van der Waals surface area (Å²) in [7, 11) is 0. The number of aromatic amines is 1. The van der Waals surface area contributed by atoms with E-state index < -0.39 is 12.0 Å². The van der Waals surface area contributed by atoms with Crippen molar-refractivity contribution in [3.05, 3.63) is 35.0 Å². The Balaban J connectivity index is 1.74. The van der Waals surface area contributed by atoms with Crippen molar-refractivity contribution in [1.82, 2.24) is 29.8 Å². The van der Waals surface area contributed by atoms with Crippen LogP contribution in [0.25, 0.3) is 5.78 Å². The van der Waals surface area contributed by atoms with Crippen molar-refractivity contribution < 1.29 is 13.2 Å². The van der Waals surface area contributed by atoms with Crippen LogP contribution < -0.4 is 5.32 Å². The minimum atomic E-state index is -4.60. The van der Waals surface area contributed by atoms with Gasteiger partial charge in [-0.05, 0) is 32.3 Å². The van der Waals surface area contributed by atoms with Gasteiger partial charge in [-0.25, -0.2) is 4.98 Å². The third kappa shape index (κ3) is 3.31. The second-order valence-corrected chi connectivity index (χ2v) is 5.48. The first-order valence-electron chi connectivity index (χ1n) is 7.39. The molecule has 3 rings (SSSR count). The topological polar surface area (TPSA) is 83.8 Å². The van der Waals surface area contributed by atoms with Gasteiger partial charge in [0, 0.05) is 24.0 Å². The standard InChI is InChI=1S/C14H16F3N7/c1-8-6-11(18-5-3-4-10-7-19-22-9(10)2)24-13(20-8)21-12(23-24)14(15,16)17/h6-7,18H,3-5H2,1-2H3,(H,19,22). The summed E-state index contributed by atoms with van der Waals surface area (Å²) in [6, 6.07) is 1.64. The lowest BCUT2D eigenvalue weighted by Crippen LogP contribution is -2.10. The second kappa shape index (κ2) is 6.10. The molecule has 0 aliphatic rings. The summed E-state index contributed by atoms with van der Waals surface area (Å²) in [4.78, 5) is 7.44. The molecule has 0 bridgehead atoms. The van der Waals surface area contributed by atoms with Crippen LogP contribution in [0.5, 0.6) is 0 Å². The zero-order chi connectivity index (χ0) is 17.3. The van der Waals surface area contributed by atoms with Crippen molar-refractivity contribution in [3.63, 3.8) is 0 Å². The third-order valence-corrected chi connectivity index (χ3v) is 3.56. The molecule has 0 spiro atoms. The zero-order valence-electron chi connectivity index (χ0n) is 13.1. The minimum Gasteiger partial charge on any atom is -0.370 e. The summed E-state index contributed by atoms with van der Waals surface area (Å²) in [5.41, 5.74) is 2.70. The van der Waals surface area contributed by atoms with Gasteiger partial charge in [-0.1, -0.05) is 0 Å². The number of nitrogens with zero attached hydrogens (tertiary/aromatic N) is 5. The molecule has 3 aromatic heterocycles. The number of alkyl halides is 3. The normalized spacial score (nSPS) is 12.0. The fourth-order valence-electron chi connectivity index (χ4n) is 2.36. The molecule has 0 radical (unpaired) electrons. The molecule has 0 saturated carbocycles. The first-order chi connectivity index (χ1) is 11.3. The highest BCUT2D eigenvalue weighted by Gasteiger charge is 2.36. The van der Waals surface area contributed by atoms with Crippen LogP contribution in [0.2, 0.25) is 0 Å². The first-order valence-corrected chi connectivity index (χ1v) is 7.39. The molecule has 0 unspecified atom stereocenters. The van der Waals surface area contributed by atoms with Crippen LogP contribution in [0, 0.1) is 13.8 Å². The molecule has 0 aliphatic heterocycles. The Morgan fingerprint density at radius 3 is 2.71 bits per heavy atom. The SMILES string of the molecule is Cc1cc(NCCCc2cn[nH]c2C)n2nc(C(F)(F)F)nc2n1. The van der Waals surface area contributed by atoms with E-state index in [1.165, 1.54) is 0 Å². The van der Waals surface area contributed by atoms with E-state index in [2.05, 4.69) is 30.6 Å². The Morgan fingerprint density at radius 1 is 1.25 bits per heavy atom. The van der Waals surface area contributed by atoms with Crippen molar-refractivity contribution in [2.75, 3.05) is 11.9 Å². The number of rotatable bonds is 5. The van der Waals surface area contributed by atoms with E-state index in [0.29, 0.717) is 18.1 Å². The number of nitrogens with one attached hydrogen (secondary N) is 2. The van der Waals surface area contributed by atoms with E-state index in [-0.39, 0.29) is 5.78 Å². The fraction of sp³-hybridized carbons (Fsp3) is 0.429. The predicted molar refractivity (Wildman–Crippen MR) is 80.7 cm³/mol. The predicted octanol–water partition coefficient (Wildman–Crippen LogP) is 2.53. The van der Waals surface area contributed by atoms with Gasteiger partial charge in [0.25, 0.3) is 11.6 Å². The van der Waals surface area contributed by atoms with Crippen LogP contribution in [0.15, 0.2) is 12.3 Å². The van der Waals surface area contributed by atoms with Crippen LogP contribution in [-0.2, 0) is 12.6 Å². The summed E-state index contributed by atoms with van der Waals surface area (Å²) < 4.78 is 39.4. The van der Waals surface area contributed by atoms with Gasteiger partial charge in [0.1, 0.15) is 5.82 Å². The molecule has 0 atom stereocenters. The molecule has 0 aliphatic carbocycles. The summed E-state index contributed by atoms with van der Waals surface area (Å²) in [5.74, 6) is -0.836. The molecule has 7 nitrogen and oxygen atoms in total.